The Bertz CT molecular complexity index is 791. The molecule has 1 saturated heterocycles. The number of nitrogens with one attached hydrogen (secondary N) is 2. The van der Waals surface area contributed by atoms with E-state index in [2.05, 4.69) is 40.7 Å². The van der Waals surface area contributed by atoms with E-state index >= 15 is 0 Å². The first-order valence-corrected chi connectivity index (χ1v) is 10.5. The minimum absolute atomic E-state index is 0.175. The number of likely N-dealkylation sites (tertiary alicyclic amines) is 1. The second-order valence-corrected chi connectivity index (χ2v) is 8.19. The molecule has 4 nitrogen and oxygen atoms in total. The van der Waals surface area contributed by atoms with E-state index in [0.29, 0.717) is 5.92 Å². The fourth-order valence-corrected chi connectivity index (χ4v) is 4.12. The molecule has 0 bridgehead atoms. The number of carbonyl (C=O) groups excluding carboxylic acids is 1. The summed E-state index contributed by atoms with van der Waals surface area (Å²) in [6, 6.07) is 14.3. The maximum Gasteiger partial charge on any atom is 0.318 e. The lowest BCUT2D eigenvalue weighted by Gasteiger charge is -2.33. The van der Waals surface area contributed by atoms with Gasteiger partial charge in [0.1, 0.15) is 0 Å². The van der Waals surface area contributed by atoms with E-state index in [1.165, 1.54) is 29.5 Å². The van der Waals surface area contributed by atoms with Crippen LogP contribution in [0, 0.1) is 12.8 Å². The summed E-state index contributed by atoms with van der Waals surface area (Å²) < 4.78 is 0. The Labute approximate surface area is 173 Å². The second-order valence-electron chi connectivity index (χ2n) is 7.75. The van der Waals surface area contributed by atoms with Crippen LogP contribution in [-0.4, -0.2) is 37.6 Å². The topological polar surface area (TPSA) is 44.4 Å². The van der Waals surface area contributed by atoms with Crippen molar-refractivity contribution in [3.8, 4) is 0 Å². The smallest absolute Gasteiger partial charge is 0.318 e. The number of anilines is 1. The van der Waals surface area contributed by atoms with Crippen molar-refractivity contribution < 1.29 is 4.79 Å². The second kappa shape index (κ2) is 9.94. The molecule has 1 unspecified atom stereocenters. The van der Waals surface area contributed by atoms with E-state index in [1.807, 2.05) is 24.3 Å². The third-order valence-electron chi connectivity index (χ3n) is 5.47. The fourth-order valence-electron chi connectivity index (χ4n) is 3.99. The molecule has 150 valence electrons. The van der Waals surface area contributed by atoms with Crippen LogP contribution < -0.4 is 10.6 Å². The summed E-state index contributed by atoms with van der Waals surface area (Å²) in [5, 5.41) is 6.37. The number of hydrogen-bond donors (Lipinski definition) is 2. The lowest BCUT2D eigenvalue weighted by molar-refractivity contribution is 0.176. The number of piperidine rings is 1. The van der Waals surface area contributed by atoms with E-state index in [9.17, 15) is 4.79 Å². The lowest BCUT2D eigenvalue weighted by Crippen LogP contribution is -2.37. The summed E-state index contributed by atoms with van der Waals surface area (Å²) in [6.45, 7) is 5.40. The van der Waals surface area contributed by atoms with Crippen molar-refractivity contribution in [2.24, 2.45) is 5.92 Å². The van der Waals surface area contributed by atoms with Crippen molar-refractivity contribution in [1.29, 1.82) is 0 Å². The summed E-state index contributed by atoms with van der Waals surface area (Å²) in [5.74, 6) is 0.691. The molecule has 0 spiro atoms. The zero-order valence-corrected chi connectivity index (χ0v) is 17.6. The van der Waals surface area contributed by atoms with Crippen LogP contribution >= 0.6 is 11.6 Å². The zero-order chi connectivity index (χ0) is 19.9. The minimum Gasteiger partial charge on any atom is -0.341 e. The predicted molar refractivity (Wildman–Crippen MR) is 117 cm³/mol. The standard InChI is InChI=1S/C23H30ClN3O/c1-17-5-10-22(26-23(28)25-2)20(14-17)11-13-27-12-3-4-19(16-27)15-18-6-8-21(24)9-7-18/h5-10,14,19H,3-4,11-13,15-16H2,1-2H3,(H2,25,26,28). The normalized spacial score (nSPS) is 17.3. The number of carbonyl (C=O) groups is 1. The highest BCUT2D eigenvalue weighted by atomic mass is 35.5. The largest absolute Gasteiger partial charge is 0.341 e. The van der Waals surface area contributed by atoms with Gasteiger partial charge in [0.05, 0.1) is 0 Å². The van der Waals surface area contributed by atoms with Crippen LogP contribution in [0.3, 0.4) is 0 Å². The van der Waals surface area contributed by atoms with Gasteiger partial charge in [0, 0.05) is 30.8 Å². The van der Waals surface area contributed by atoms with Gasteiger partial charge < -0.3 is 15.5 Å². The van der Waals surface area contributed by atoms with Crippen LogP contribution in [0.25, 0.3) is 0 Å². The number of benzene rings is 2. The maximum absolute atomic E-state index is 11.7. The highest BCUT2D eigenvalue weighted by Crippen LogP contribution is 2.23. The molecule has 0 aromatic heterocycles. The van der Waals surface area contributed by atoms with Gasteiger partial charge in [-0.05, 0) is 74.4 Å². The van der Waals surface area contributed by atoms with Crippen molar-refractivity contribution in [2.75, 3.05) is 32.0 Å². The van der Waals surface area contributed by atoms with Gasteiger partial charge >= 0.3 is 6.03 Å². The van der Waals surface area contributed by atoms with Gasteiger partial charge in [0.2, 0.25) is 0 Å². The molecule has 28 heavy (non-hydrogen) atoms. The number of hydrogen-bond acceptors (Lipinski definition) is 2. The first kappa shape index (κ1) is 20.7. The van der Waals surface area contributed by atoms with Crippen molar-refractivity contribution in [1.82, 2.24) is 10.2 Å². The van der Waals surface area contributed by atoms with Crippen LogP contribution in [0.5, 0.6) is 0 Å². The summed E-state index contributed by atoms with van der Waals surface area (Å²) >= 11 is 6.00. The highest BCUT2D eigenvalue weighted by Gasteiger charge is 2.20. The van der Waals surface area contributed by atoms with Crippen LogP contribution in [0.1, 0.15) is 29.5 Å². The van der Waals surface area contributed by atoms with Crippen LogP contribution in [0.2, 0.25) is 5.02 Å². The molecule has 1 heterocycles. The molecule has 1 aliphatic rings. The van der Waals surface area contributed by atoms with Crippen molar-refractivity contribution in [3.05, 3.63) is 64.2 Å². The molecular weight excluding hydrogens is 370 g/mol. The number of urea groups is 1. The van der Waals surface area contributed by atoms with Crippen molar-refractivity contribution >= 4 is 23.3 Å². The molecule has 0 radical (unpaired) electrons. The van der Waals surface area contributed by atoms with E-state index in [-0.39, 0.29) is 6.03 Å². The quantitative estimate of drug-likeness (QED) is 0.725. The van der Waals surface area contributed by atoms with Gasteiger partial charge in [-0.2, -0.15) is 0 Å². The molecule has 2 aromatic rings. The summed E-state index contributed by atoms with van der Waals surface area (Å²) in [4.78, 5) is 14.3. The highest BCUT2D eigenvalue weighted by molar-refractivity contribution is 6.30. The fraction of sp³-hybridized carbons (Fsp3) is 0.435. The Morgan fingerprint density at radius 3 is 2.75 bits per heavy atom. The van der Waals surface area contributed by atoms with Gasteiger partial charge in [-0.25, -0.2) is 4.79 Å². The SMILES string of the molecule is CNC(=O)Nc1ccc(C)cc1CCN1CCCC(Cc2ccc(Cl)cc2)C1. The van der Waals surface area contributed by atoms with Gasteiger partial charge in [0.25, 0.3) is 0 Å². The molecule has 0 saturated carbocycles. The number of aryl methyl sites for hydroxylation is 1. The summed E-state index contributed by atoms with van der Waals surface area (Å²) in [7, 11) is 1.64. The molecule has 2 amide bonds. The summed E-state index contributed by atoms with van der Waals surface area (Å²) in [6.07, 6.45) is 4.58. The van der Waals surface area contributed by atoms with Crippen LogP contribution in [-0.2, 0) is 12.8 Å². The van der Waals surface area contributed by atoms with Gasteiger partial charge in [-0.15, -0.1) is 0 Å². The predicted octanol–water partition coefficient (Wildman–Crippen LogP) is 4.90. The molecular formula is C23H30ClN3O. The number of rotatable bonds is 6. The van der Waals surface area contributed by atoms with Gasteiger partial charge in [-0.1, -0.05) is 41.4 Å². The first-order valence-electron chi connectivity index (χ1n) is 10.1. The molecule has 5 heteroatoms. The monoisotopic (exact) mass is 399 g/mol. The lowest BCUT2D eigenvalue weighted by atomic mass is 9.91. The Hall–Kier alpha value is -2.04. The molecule has 1 fully saturated rings. The Morgan fingerprint density at radius 2 is 2.00 bits per heavy atom. The Kier molecular flexibility index (Phi) is 7.35. The average Bonchev–Trinajstić information content (AvgIpc) is 2.70. The van der Waals surface area contributed by atoms with Crippen molar-refractivity contribution in [2.45, 2.75) is 32.6 Å². The number of amides is 2. The Balaban J connectivity index is 1.57. The number of halogens is 1. The van der Waals surface area contributed by atoms with Gasteiger partial charge in [-0.3, -0.25) is 0 Å². The summed E-state index contributed by atoms with van der Waals surface area (Å²) in [5.41, 5.74) is 4.69. The Morgan fingerprint density at radius 1 is 1.21 bits per heavy atom. The van der Waals surface area contributed by atoms with Crippen LogP contribution in [0.15, 0.2) is 42.5 Å². The third-order valence-corrected chi connectivity index (χ3v) is 5.73. The molecule has 1 aliphatic heterocycles. The minimum atomic E-state index is -0.175. The third kappa shape index (κ3) is 5.98. The first-order chi connectivity index (χ1) is 13.5. The maximum atomic E-state index is 11.7. The average molecular weight is 400 g/mol. The van der Waals surface area contributed by atoms with Crippen molar-refractivity contribution in [3.63, 3.8) is 0 Å². The molecule has 2 aromatic carbocycles. The molecule has 0 aliphatic carbocycles. The van der Waals surface area contributed by atoms with E-state index in [4.69, 9.17) is 11.6 Å². The van der Waals surface area contributed by atoms with E-state index < -0.39 is 0 Å². The molecule has 3 rings (SSSR count). The molecule has 1 atom stereocenters. The van der Waals surface area contributed by atoms with E-state index in [1.54, 1.807) is 7.05 Å². The van der Waals surface area contributed by atoms with Crippen LogP contribution in [0.4, 0.5) is 10.5 Å². The van der Waals surface area contributed by atoms with E-state index in [0.717, 1.165) is 43.2 Å². The molecule has 2 N–H and O–H groups in total. The zero-order valence-electron chi connectivity index (χ0n) is 16.8. The van der Waals surface area contributed by atoms with Gasteiger partial charge in [0.15, 0.2) is 0 Å². The number of nitrogens with zero attached hydrogens (tertiary/aromatic N) is 1.